The Hall–Kier alpha value is -2.70. The van der Waals surface area contributed by atoms with Gasteiger partial charge >= 0.3 is 0 Å². The van der Waals surface area contributed by atoms with E-state index in [4.69, 9.17) is 4.74 Å². The molecule has 0 aliphatic carbocycles. The first-order chi connectivity index (χ1) is 13.6. The first-order valence-corrected chi connectivity index (χ1v) is 9.60. The van der Waals surface area contributed by atoms with Gasteiger partial charge in [0.25, 0.3) is 5.91 Å². The Balaban J connectivity index is 1.43. The van der Waals surface area contributed by atoms with Crippen molar-refractivity contribution in [1.82, 2.24) is 15.2 Å². The zero-order valence-corrected chi connectivity index (χ0v) is 16.6. The van der Waals surface area contributed by atoms with Gasteiger partial charge in [-0.1, -0.05) is 42.5 Å². The summed E-state index contributed by atoms with van der Waals surface area (Å²) in [6, 6.07) is 18.1. The molecule has 2 aromatic carbocycles. The molecule has 1 saturated heterocycles. The Bertz CT molecular complexity index is 799. The number of nitrogens with zero attached hydrogens (tertiary/aromatic N) is 3. The highest BCUT2D eigenvalue weighted by atomic mass is 16.5. The summed E-state index contributed by atoms with van der Waals surface area (Å²) in [7, 11) is 1.63. The van der Waals surface area contributed by atoms with Crippen molar-refractivity contribution in [2.45, 2.75) is 13.5 Å². The smallest absolute Gasteiger partial charge is 0.254 e. The summed E-state index contributed by atoms with van der Waals surface area (Å²) in [6.07, 6.45) is 0. The van der Waals surface area contributed by atoms with Gasteiger partial charge in [-0.3, -0.25) is 14.6 Å². The zero-order valence-electron chi connectivity index (χ0n) is 16.6. The Labute approximate surface area is 166 Å². The third kappa shape index (κ3) is 5.90. The molecule has 1 aliphatic heterocycles. The van der Waals surface area contributed by atoms with Gasteiger partial charge in [0.05, 0.1) is 19.4 Å². The van der Waals surface area contributed by atoms with E-state index >= 15 is 0 Å². The molecule has 1 heterocycles. The number of nitrogens with one attached hydrogen (secondary N) is 1. The van der Waals surface area contributed by atoms with E-state index in [2.05, 4.69) is 44.6 Å². The molecule has 1 amide bonds. The topological polar surface area (TPSA) is 57.2 Å². The molecule has 0 spiro atoms. The number of methoxy groups -OCH3 is 1. The number of hydrogen-bond acceptors (Lipinski definition) is 5. The van der Waals surface area contributed by atoms with E-state index in [0.717, 1.165) is 49.7 Å². The van der Waals surface area contributed by atoms with Gasteiger partial charge in [-0.2, -0.15) is 5.10 Å². The molecule has 6 heteroatoms. The SMILES string of the molecule is COc1cccc(/C(C)=N/NC(=O)CN2CCN(Cc3ccccc3)CC2)c1. The van der Waals surface area contributed by atoms with Gasteiger partial charge in [0.2, 0.25) is 0 Å². The lowest BCUT2D eigenvalue weighted by Gasteiger charge is -2.34. The third-order valence-corrected chi connectivity index (χ3v) is 4.92. The average Bonchev–Trinajstić information content (AvgIpc) is 2.74. The van der Waals surface area contributed by atoms with Crippen LogP contribution in [-0.4, -0.2) is 61.3 Å². The Morgan fingerprint density at radius 1 is 1.04 bits per heavy atom. The lowest BCUT2D eigenvalue weighted by atomic mass is 10.1. The van der Waals surface area contributed by atoms with Crippen molar-refractivity contribution in [3.05, 3.63) is 65.7 Å². The predicted octanol–water partition coefficient (Wildman–Crippen LogP) is 2.35. The number of piperazine rings is 1. The molecule has 0 aromatic heterocycles. The van der Waals surface area contributed by atoms with E-state index in [0.29, 0.717) is 6.54 Å². The summed E-state index contributed by atoms with van der Waals surface area (Å²) in [6.45, 7) is 6.91. The van der Waals surface area contributed by atoms with E-state index in [1.165, 1.54) is 5.56 Å². The lowest BCUT2D eigenvalue weighted by Crippen LogP contribution is -2.48. The Kier molecular flexibility index (Phi) is 7.17. The third-order valence-electron chi connectivity index (χ3n) is 4.92. The monoisotopic (exact) mass is 380 g/mol. The number of carbonyl (C=O) groups excluding carboxylic acids is 1. The number of ether oxygens (including phenoxy) is 1. The standard InChI is InChI=1S/C22H28N4O2/c1-18(20-9-6-10-21(15-20)28-2)23-24-22(27)17-26-13-11-25(12-14-26)16-19-7-4-3-5-8-19/h3-10,15H,11-14,16-17H2,1-2H3,(H,24,27)/b23-18+. The van der Waals surface area contributed by atoms with Crippen LogP contribution in [0.2, 0.25) is 0 Å². The molecule has 6 nitrogen and oxygen atoms in total. The number of carbonyl (C=O) groups is 1. The van der Waals surface area contributed by atoms with E-state index in [1.54, 1.807) is 7.11 Å². The molecule has 2 aromatic rings. The average molecular weight is 380 g/mol. The predicted molar refractivity (Wildman–Crippen MR) is 112 cm³/mol. The molecule has 1 N–H and O–H groups in total. The maximum atomic E-state index is 12.2. The molecule has 0 radical (unpaired) electrons. The summed E-state index contributed by atoms with van der Waals surface area (Å²) in [5.41, 5.74) is 5.67. The Morgan fingerprint density at radius 3 is 2.46 bits per heavy atom. The fraction of sp³-hybridized carbons (Fsp3) is 0.364. The molecule has 1 aliphatic rings. The molecule has 0 unspecified atom stereocenters. The van der Waals surface area contributed by atoms with Crippen LogP contribution in [0.1, 0.15) is 18.1 Å². The van der Waals surface area contributed by atoms with Gasteiger partial charge in [0.15, 0.2) is 0 Å². The zero-order chi connectivity index (χ0) is 19.8. The van der Waals surface area contributed by atoms with Gasteiger partial charge in [0.1, 0.15) is 5.75 Å². The van der Waals surface area contributed by atoms with E-state index < -0.39 is 0 Å². The quantitative estimate of drug-likeness (QED) is 0.592. The molecule has 0 atom stereocenters. The van der Waals surface area contributed by atoms with Crippen molar-refractivity contribution in [3.8, 4) is 5.75 Å². The fourth-order valence-corrected chi connectivity index (χ4v) is 3.24. The van der Waals surface area contributed by atoms with Crippen molar-refractivity contribution < 1.29 is 9.53 Å². The van der Waals surface area contributed by atoms with Crippen molar-refractivity contribution in [2.24, 2.45) is 5.10 Å². The van der Waals surface area contributed by atoms with Crippen molar-refractivity contribution in [1.29, 1.82) is 0 Å². The molecular formula is C22H28N4O2. The van der Waals surface area contributed by atoms with Gasteiger partial charge in [-0.05, 0) is 24.6 Å². The molecule has 148 valence electrons. The number of benzene rings is 2. The van der Waals surface area contributed by atoms with Crippen LogP contribution in [0.3, 0.4) is 0 Å². The van der Waals surface area contributed by atoms with Crippen molar-refractivity contribution in [2.75, 3.05) is 39.8 Å². The Morgan fingerprint density at radius 2 is 1.75 bits per heavy atom. The molecule has 28 heavy (non-hydrogen) atoms. The number of hydrazone groups is 1. The molecule has 0 saturated carbocycles. The number of hydrogen-bond donors (Lipinski definition) is 1. The second-order valence-electron chi connectivity index (χ2n) is 7.00. The highest BCUT2D eigenvalue weighted by Gasteiger charge is 2.18. The van der Waals surface area contributed by atoms with Crippen molar-refractivity contribution in [3.63, 3.8) is 0 Å². The largest absolute Gasteiger partial charge is 0.497 e. The van der Waals surface area contributed by atoms with Crippen molar-refractivity contribution >= 4 is 11.6 Å². The summed E-state index contributed by atoms with van der Waals surface area (Å²) < 4.78 is 5.22. The number of amides is 1. The molecular weight excluding hydrogens is 352 g/mol. The van der Waals surface area contributed by atoms with Crippen LogP contribution >= 0.6 is 0 Å². The summed E-state index contributed by atoms with van der Waals surface area (Å²) in [4.78, 5) is 16.8. The fourth-order valence-electron chi connectivity index (χ4n) is 3.24. The summed E-state index contributed by atoms with van der Waals surface area (Å²) in [5, 5.41) is 4.23. The van der Waals surface area contributed by atoms with Crippen LogP contribution in [0, 0.1) is 0 Å². The van der Waals surface area contributed by atoms with Crippen LogP contribution in [0.5, 0.6) is 5.75 Å². The van der Waals surface area contributed by atoms with Gasteiger partial charge < -0.3 is 4.74 Å². The highest BCUT2D eigenvalue weighted by Crippen LogP contribution is 2.13. The van der Waals surface area contributed by atoms with E-state index in [-0.39, 0.29) is 5.91 Å². The van der Waals surface area contributed by atoms with Crippen LogP contribution < -0.4 is 10.2 Å². The van der Waals surface area contributed by atoms with Crippen LogP contribution in [0.4, 0.5) is 0 Å². The van der Waals surface area contributed by atoms with Gasteiger partial charge in [-0.15, -0.1) is 0 Å². The van der Waals surface area contributed by atoms with Gasteiger partial charge in [0, 0.05) is 38.3 Å². The van der Waals surface area contributed by atoms with Crippen LogP contribution in [-0.2, 0) is 11.3 Å². The highest BCUT2D eigenvalue weighted by molar-refractivity contribution is 5.99. The van der Waals surface area contributed by atoms with Gasteiger partial charge in [-0.25, -0.2) is 5.43 Å². The summed E-state index contributed by atoms with van der Waals surface area (Å²) in [5.74, 6) is 0.686. The second-order valence-corrected chi connectivity index (χ2v) is 7.00. The summed E-state index contributed by atoms with van der Waals surface area (Å²) >= 11 is 0. The first-order valence-electron chi connectivity index (χ1n) is 9.60. The minimum Gasteiger partial charge on any atom is -0.497 e. The van der Waals surface area contributed by atoms with E-state index in [1.807, 2.05) is 37.3 Å². The minimum atomic E-state index is -0.0845. The van der Waals surface area contributed by atoms with Crippen LogP contribution in [0.15, 0.2) is 59.7 Å². The van der Waals surface area contributed by atoms with Crippen LogP contribution in [0.25, 0.3) is 0 Å². The minimum absolute atomic E-state index is 0.0845. The first kappa shape index (κ1) is 20.0. The normalized spacial score (nSPS) is 16.0. The number of rotatable bonds is 7. The van der Waals surface area contributed by atoms with E-state index in [9.17, 15) is 4.79 Å². The second kappa shape index (κ2) is 10.0. The lowest BCUT2D eigenvalue weighted by molar-refractivity contribution is -0.122. The molecule has 0 bridgehead atoms. The maximum absolute atomic E-state index is 12.2. The maximum Gasteiger partial charge on any atom is 0.254 e. The molecule has 3 rings (SSSR count). The molecule has 1 fully saturated rings.